The lowest BCUT2D eigenvalue weighted by atomic mass is 10.2. The second kappa shape index (κ2) is 7.05. The maximum atomic E-state index is 5.88. The molecule has 0 radical (unpaired) electrons. The molecule has 0 aliphatic heterocycles. The van der Waals surface area contributed by atoms with Gasteiger partial charge in [0.05, 0.1) is 23.9 Å². The summed E-state index contributed by atoms with van der Waals surface area (Å²) in [7, 11) is 1.96. The van der Waals surface area contributed by atoms with Crippen molar-refractivity contribution in [2.24, 2.45) is 7.05 Å². The van der Waals surface area contributed by atoms with Gasteiger partial charge in [-0.15, -0.1) is 0 Å². The molecule has 2 heterocycles. The zero-order valence-corrected chi connectivity index (χ0v) is 12.4. The molecule has 20 heavy (non-hydrogen) atoms. The summed E-state index contributed by atoms with van der Waals surface area (Å²) in [6.07, 6.45) is 4.70. The van der Waals surface area contributed by atoms with E-state index >= 15 is 0 Å². The summed E-state index contributed by atoms with van der Waals surface area (Å²) in [6, 6.07) is 3.96. The molecule has 2 aromatic heterocycles. The molecule has 0 aliphatic carbocycles. The minimum absolute atomic E-state index is 0.502. The highest BCUT2D eigenvalue weighted by Crippen LogP contribution is 2.18. The summed E-state index contributed by atoms with van der Waals surface area (Å²) in [5.74, 6) is 0.834. The molecule has 0 aliphatic rings. The number of pyridine rings is 1. The van der Waals surface area contributed by atoms with Crippen LogP contribution in [0.3, 0.4) is 0 Å². The fourth-order valence-corrected chi connectivity index (χ4v) is 1.91. The third kappa shape index (κ3) is 3.81. The van der Waals surface area contributed by atoms with E-state index in [4.69, 9.17) is 4.74 Å². The Kier molecular flexibility index (Phi) is 5.12. The van der Waals surface area contributed by atoms with Gasteiger partial charge in [0, 0.05) is 19.3 Å². The van der Waals surface area contributed by atoms with E-state index in [1.165, 1.54) is 0 Å². The van der Waals surface area contributed by atoms with Crippen molar-refractivity contribution in [1.82, 2.24) is 19.9 Å². The number of hydrogen-bond acceptors (Lipinski definition) is 4. The van der Waals surface area contributed by atoms with Crippen LogP contribution in [0, 0.1) is 6.92 Å². The summed E-state index contributed by atoms with van der Waals surface area (Å²) in [5, 5.41) is 3.36. The summed E-state index contributed by atoms with van der Waals surface area (Å²) in [5.41, 5.74) is 3.00. The Morgan fingerprint density at radius 1 is 1.35 bits per heavy atom. The molecule has 0 unspecified atom stereocenters. The van der Waals surface area contributed by atoms with Crippen LogP contribution < -0.4 is 10.1 Å². The predicted octanol–water partition coefficient (Wildman–Crippen LogP) is 2.20. The SMILES string of the molecule is CCCNCc1nc(C)ccc1OCc1cncn1C. The lowest BCUT2D eigenvalue weighted by Gasteiger charge is -2.12. The summed E-state index contributed by atoms with van der Waals surface area (Å²) in [4.78, 5) is 8.64. The van der Waals surface area contributed by atoms with Gasteiger partial charge in [-0.3, -0.25) is 4.98 Å². The second-order valence-electron chi connectivity index (χ2n) is 4.86. The van der Waals surface area contributed by atoms with Crippen LogP contribution in [-0.2, 0) is 20.2 Å². The quantitative estimate of drug-likeness (QED) is 0.786. The van der Waals surface area contributed by atoms with Gasteiger partial charge in [0.1, 0.15) is 12.4 Å². The van der Waals surface area contributed by atoms with Crippen LogP contribution in [0.15, 0.2) is 24.7 Å². The molecule has 2 rings (SSSR count). The number of hydrogen-bond donors (Lipinski definition) is 1. The Bertz CT molecular complexity index is 551. The number of ether oxygens (including phenoxy) is 1. The van der Waals surface area contributed by atoms with Crippen molar-refractivity contribution >= 4 is 0 Å². The van der Waals surface area contributed by atoms with Crippen molar-refractivity contribution in [1.29, 1.82) is 0 Å². The first kappa shape index (κ1) is 14.5. The number of aromatic nitrogens is 3. The van der Waals surface area contributed by atoms with Gasteiger partial charge in [-0.2, -0.15) is 0 Å². The molecule has 0 atom stereocenters. The van der Waals surface area contributed by atoms with E-state index in [1.807, 2.05) is 36.9 Å². The summed E-state index contributed by atoms with van der Waals surface area (Å²) >= 11 is 0. The minimum Gasteiger partial charge on any atom is -0.485 e. The molecular weight excluding hydrogens is 252 g/mol. The first-order valence-corrected chi connectivity index (χ1v) is 6.96. The molecule has 108 valence electrons. The highest BCUT2D eigenvalue weighted by molar-refractivity contribution is 5.29. The van der Waals surface area contributed by atoms with Gasteiger partial charge < -0.3 is 14.6 Å². The number of aryl methyl sites for hydroxylation is 2. The van der Waals surface area contributed by atoms with Crippen molar-refractivity contribution in [3.05, 3.63) is 41.7 Å². The van der Waals surface area contributed by atoms with E-state index < -0.39 is 0 Å². The van der Waals surface area contributed by atoms with Crippen molar-refractivity contribution in [2.75, 3.05) is 6.54 Å². The predicted molar refractivity (Wildman–Crippen MR) is 78.5 cm³/mol. The largest absolute Gasteiger partial charge is 0.485 e. The Morgan fingerprint density at radius 3 is 2.90 bits per heavy atom. The molecular formula is C15H22N4O. The van der Waals surface area contributed by atoms with Crippen molar-refractivity contribution in [3.63, 3.8) is 0 Å². The first-order valence-electron chi connectivity index (χ1n) is 6.96. The van der Waals surface area contributed by atoms with E-state index in [0.29, 0.717) is 6.61 Å². The normalized spacial score (nSPS) is 10.8. The average Bonchev–Trinajstić information content (AvgIpc) is 2.84. The fraction of sp³-hybridized carbons (Fsp3) is 0.467. The molecule has 1 N–H and O–H groups in total. The number of nitrogens with zero attached hydrogens (tertiary/aromatic N) is 3. The zero-order chi connectivity index (χ0) is 14.4. The van der Waals surface area contributed by atoms with Gasteiger partial charge in [-0.05, 0) is 32.0 Å². The Labute approximate surface area is 120 Å². The summed E-state index contributed by atoms with van der Waals surface area (Å²) < 4.78 is 7.84. The van der Waals surface area contributed by atoms with Gasteiger partial charge in [-0.25, -0.2) is 4.98 Å². The van der Waals surface area contributed by atoms with Crippen LogP contribution in [0.5, 0.6) is 5.75 Å². The number of rotatable bonds is 7. The molecule has 0 saturated carbocycles. The van der Waals surface area contributed by atoms with E-state index in [9.17, 15) is 0 Å². The lowest BCUT2D eigenvalue weighted by molar-refractivity contribution is 0.291. The molecule has 0 spiro atoms. The van der Waals surface area contributed by atoms with Gasteiger partial charge in [-0.1, -0.05) is 6.92 Å². The van der Waals surface area contributed by atoms with Gasteiger partial charge in [0.15, 0.2) is 0 Å². The van der Waals surface area contributed by atoms with Gasteiger partial charge in [0.2, 0.25) is 0 Å². The van der Waals surface area contributed by atoms with Crippen LogP contribution in [0.4, 0.5) is 0 Å². The molecule has 0 amide bonds. The fourth-order valence-electron chi connectivity index (χ4n) is 1.91. The van der Waals surface area contributed by atoms with E-state index in [-0.39, 0.29) is 0 Å². The van der Waals surface area contributed by atoms with Crippen LogP contribution in [0.25, 0.3) is 0 Å². The first-order chi connectivity index (χ1) is 9.70. The van der Waals surface area contributed by atoms with Crippen LogP contribution in [0.2, 0.25) is 0 Å². The molecule has 5 heteroatoms. The number of imidazole rings is 1. The maximum Gasteiger partial charge on any atom is 0.142 e. The minimum atomic E-state index is 0.502. The third-order valence-electron chi connectivity index (χ3n) is 3.08. The van der Waals surface area contributed by atoms with Crippen molar-refractivity contribution in [2.45, 2.75) is 33.4 Å². The lowest BCUT2D eigenvalue weighted by Crippen LogP contribution is -2.16. The summed E-state index contributed by atoms with van der Waals surface area (Å²) in [6.45, 7) is 6.36. The average molecular weight is 274 g/mol. The standard InChI is InChI=1S/C15H22N4O/c1-4-7-16-9-14-15(6-5-12(2)18-14)20-10-13-8-17-11-19(13)3/h5-6,8,11,16H,4,7,9-10H2,1-3H3. The molecule has 0 bridgehead atoms. The van der Waals surface area contributed by atoms with Crippen LogP contribution in [-0.4, -0.2) is 21.1 Å². The van der Waals surface area contributed by atoms with E-state index in [2.05, 4.69) is 22.2 Å². The van der Waals surface area contributed by atoms with Crippen molar-refractivity contribution < 1.29 is 4.74 Å². The highest BCUT2D eigenvalue weighted by Gasteiger charge is 2.07. The second-order valence-corrected chi connectivity index (χ2v) is 4.86. The third-order valence-corrected chi connectivity index (χ3v) is 3.08. The van der Waals surface area contributed by atoms with Crippen molar-refractivity contribution in [3.8, 4) is 5.75 Å². The van der Waals surface area contributed by atoms with Gasteiger partial charge in [0.25, 0.3) is 0 Å². The van der Waals surface area contributed by atoms with Crippen LogP contribution in [0.1, 0.15) is 30.4 Å². The molecule has 2 aromatic rings. The monoisotopic (exact) mass is 274 g/mol. The van der Waals surface area contributed by atoms with E-state index in [1.54, 1.807) is 6.33 Å². The Hall–Kier alpha value is -1.88. The molecule has 5 nitrogen and oxygen atoms in total. The van der Waals surface area contributed by atoms with Gasteiger partial charge >= 0.3 is 0 Å². The maximum absolute atomic E-state index is 5.88. The molecule has 0 aromatic carbocycles. The molecule has 0 fully saturated rings. The topological polar surface area (TPSA) is 52.0 Å². The molecule has 0 saturated heterocycles. The van der Waals surface area contributed by atoms with E-state index in [0.717, 1.165) is 42.3 Å². The Balaban J connectivity index is 2.04. The zero-order valence-electron chi connectivity index (χ0n) is 12.4. The Morgan fingerprint density at radius 2 is 2.20 bits per heavy atom. The number of nitrogens with one attached hydrogen (secondary N) is 1. The highest BCUT2D eigenvalue weighted by atomic mass is 16.5. The van der Waals surface area contributed by atoms with Crippen LogP contribution >= 0.6 is 0 Å². The smallest absolute Gasteiger partial charge is 0.142 e.